The Bertz CT molecular complexity index is 1020. The standard InChI is InChI=1S/C20H21Cl2IN2O3S/c1-13-10-17(23)4-5-19(13)24-20(26)14-6-8-25(9-7-14)29(27,28)12-15-2-3-16(21)11-18(15)22/h2-5,10-11,14H,6-9,12H2,1H3,(H,24,26). The zero-order valence-corrected chi connectivity index (χ0v) is 20.3. The van der Waals surface area contributed by atoms with Gasteiger partial charge in [0, 0.05) is 38.3 Å². The van der Waals surface area contributed by atoms with Crippen LogP contribution in [0.3, 0.4) is 0 Å². The molecule has 9 heteroatoms. The quantitative estimate of drug-likeness (QED) is 0.513. The van der Waals surface area contributed by atoms with Crippen LogP contribution in [0, 0.1) is 16.4 Å². The maximum Gasteiger partial charge on any atom is 0.227 e. The number of nitrogens with zero attached hydrogens (tertiary/aromatic N) is 1. The lowest BCUT2D eigenvalue weighted by Gasteiger charge is -2.30. The number of anilines is 1. The maximum absolute atomic E-state index is 12.8. The summed E-state index contributed by atoms with van der Waals surface area (Å²) in [6, 6.07) is 10.6. The van der Waals surface area contributed by atoms with E-state index in [9.17, 15) is 13.2 Å². The number of carbonyl (C=O) groups excluding carboxylic acids is 1. The number of benzene rings is 2. The van der Waals surface area contributed by atoms with Crippen molar-refractivity contribution in [1.29, 1.82) is 0 Å². The van der Waals surface area contributed by atoms with Gasteiger partial charge in [0.05, 0.1) is 5.75 Å². The van der Waals surface area contributed by atoms with Crippen molar-refractivity contribution in [2.45, 2.75) is 25.5 Å². The number of halogens is 3. The molecule has 0 radical (unpaired) electrons. The van der Waals surface area contributed by atoms with E-state index in [0.29, 0.717) is 41.5 Å². The first-order chi connectivity index (χ1) is 13.7. The lowest BCUT2D eigenvalue weighted by atomic mass is 9.97. The Morgan fingerprint density at radius 3 is 2.48 bits per heavy atom. The summed E-state index contributed by atoms with van der Waals surface area (Å²) >= 11 is 14.2. The van der Waals surface area contributed by atoms with Crippen molar-refractivity contribution in [3.8, 4) is 0 Å². The van der Waals surface area contributed by atoms with Gasteiger partial charge in [-0.05, 0) is 83.8 Å². The number of carbonyl (C=O) groups is 1. The first-order valence-corrected chi connectivity index (χ1v) is 12.6. The molecule has 1 fully saturated rings. The summed E-state index contributed by atoms with van der Waals surface area (Å²) in [4.78, 5) is 12.6. The second kappa shape index (κ2) is 9.51. The van der Waals surface area contributed by atoms with E-state index in [-0.39, 0.29) is 17.6 Å². The Morgan fingerprint density at radius 1 is 1.17 bits per heavy atom. The molecule has 0 atom stereocenters. The maximum atomic E-state index is 12.8. The Morgan fingerprint density at radius 2 is 1.86 bits per heavy atom. The summed E-state index contributed by atoms with van der Waals surface area (Å²) < 4.78 is 28.1. The van der Waals surface area contributed by atoms with Crippen LogP contribution >= 0.6 is 45.8 Å². The molecule has 29 heavy (non-hydrogen) atoms. The lowest BCUT2D eigenvalue weighted by Crippen LogP contribution is -2.42. The van der Waals surface area contributed by atoms with Gasteiger partial charge >= 0.3 is 0 Å². The van der Waals surface area contributed by atoms with Crippen LogP contribution in [0.25, 0.3) is 0 Å². The van der Waals surface area contributed by atoms with Gasteiger partial charge in [0.2, 0.25) is 15.9 Å². The smallest absolute Gasteiger partial charge is 0.227 e. The third kappa shape index (κ3) is 5.85. The van der Waals surface area contributed by atoms with Gasteiger partial charge in [-0.15, -0.1) is 0 Å². The molecule has 1 aliphatic rings. The Hall–Kier alpha value is -0.870. The van der Waals surface area contributed by atoms with Crippen LogP contribution in [0.2, 0.25) is 10.0 Å². The van der Waals surface area contributed by atoms with Crippen molar-refractivity contribution in [3.63, 3.8) is 0 Å². The monoisotopic (exact) mass is 566 g/mol. The molecule has 0 aromatic heterocycles. The average molecular weight is 567 g/mol. The molecule has 5 nitrogen and oxygen atoms in total. The topological polar surface area (TPSA) is 66.5 Å². The summed E-state index contributed by atoms with van der Waals surface area (Å²) in [5.74, 6) is -0.451. The van der Waals surface area contributed by atoms with Crippen molar-refractivity contribution in [2.75, 3.05) is 18.4 Å². The summed E-state index contributed by atoms with van der Waals surface area (Å²) in [5, 5.41) is 3.77. The van der Waals surface area contributed by atoms with Crippen LogP contribution in [0.1, 0.15) is 24.0 Å². The zero-order chi connectivity index (χ0) is 21.2. The Balaban J connectivity index is 1.59. The summed E-state index contributed by atoms with van der Waals surface area (Å²) in [6.07, 6.45) is 0.978. The molecule has 1 amide bonds. The van der Waals surface area contributed by atoms with Gasteiger partial charge in [-0.1, -0.05) is 29.3 Å². The molecule has 2 aromatic rings. The number of hydrogen-bond acceptors (Lipinski definition) is 3. The van der Waals surface area contributed by atoms with Crippen molar-refractivity contribution >= 4 is 67.4 Å². The molecule has 0 aliphatic carbocycles. The van der Waals surface area contributed by atoms with E-state index < -0.39 is 10.0 Å². The summed E-state index contributed by atoms with van der Waals surface area (Å²) in [7, 11) is -3.52. The van der Waals surface area contributed by atoms with E-state index in [4.69, 9.17) is 23.2 Å². The number of sulfonamides is 1. The first-order valence-electron chi connectivity index (χ1n) is 9.14. The highest BCUT2D eigenvalue weighted by Gasteiger charge is 2.31. The lowest BCUT2D eigenvalue weighted by molar-refractivity contribution is -0.120. The molecule has 0 unspecified atom stereocenters. The van der Waals surface area contributed by atoms with Gasteiger partial charge in [-0.25, -0.2) is 12.7 Å². The van der Waals surface area contributed by atoms with Crippen molar-refractivity contribution in [1.82, 2.24) is 4.31 Å². The zero-order valence-electron chi connectivity index (χ0n) is 15.8. The molecule has 156 valence electrons. The fraction of sp³-hybridized carbons (Fsp3) is 0.350. The van der Waals surface area contributed by atoms with Gasteiger partial charge in [0.1, 0.15) is 0 Å². The van der Waals surface area contributed by atoms with E-state index in [1.165, 1.54) is 10.4 Å². The molecule has 0 bridgehead atoms. The second-order valence-corrected chi connectivity index (χ2v) is 11.2. The molecule has 0 spiro atoms. The number of aryl methyl sites for hydroxylation is 1. The molecule has 3 rings (SSSR count). The minimum atomic E-state index is -3.52. The van der Waals surface area contributed by atoms with E-state index in [1.54, 1.807) is 12.1 Å². The fourth-order valence-corrected chi connectivity index (χ4v) is 6.12. The third-order valence-electron chi connectivity index (χ3n) is 5.02. The first kappa shape index (κ1) is 22.8. The number of hydrogen-bond donors (Lipinski definition) is 1. The Labute approximate surface area is 195 Å². The van der Waals surface area contributed by atoms with Crippen LogP contribution < -0.4 is 5.32 Å². The molecule has 2 aromatic carbocycles. The summed E-state index contributed by atoms with van der Waals surface area (Å²) in [5.41, 5.74) is 2.32. The van der Waals surface area contributed by atoms with E-state index in [2.05, 4.69) is 27.9 Å². The molecule has 1 saturated heterocycles. The molecule has 1 heterocycles. The molecule has 1 N–H and O–H groups in total. The van der Waals surface area contributed by atoms with Crippen LogP contribution in [-0.4, -0.2) is 31.7 Å². The van der Waals surface area contributed by atoms with Gasteiger partial charge in [-0.2, -0.15) is 0 Å². The minimum Gasteiger partial charge on any atom is -0.326 e. The Kier molecular flexibility index (Phi) is 7.48. The van der Waals surface area contributed by atoms with Gasteiger partial charge in [0.25, 0.3) is 0 Å². The van der Waals surface area contributed by atoms with E-state index in [0.717, 1.165) is 14.8 Å². The highest BCUT2D eigenvalue weighted by atomic mass is 127. The van der Waals surface area contributed by atoms with Crippen molar-refractivity contribution in [3.05, 3.63) is 61.1 Å². The van der Waals surface area contributed by atoms with Gasteiger partial charge in [-0.3, -0.25) is 4.79 Å². The number of nitrogens with one attached hydrogen (secondary N) is 1. The molecule has 0 saturated carbocycles. The van der Waals surface area contributed by atoms with Crippen LogP contribution in [-0.2, 0) is 20.6 Å². The van der Waals surface area contributed by atoms with Crippen molar-refractivity contribution in [2.24, 2.45) is 5.92 Å². The highest BCUT2D eigenvalue weighted by Crippen LogP contribution is 2.27. The number of piperidine rings is 1. The minimum absolute atomic E-state index is 0.0629. The second-order valence-electron chi connectivity index (χ2n) is 7.11. The SMILES string of the molecule is Cc1cc(I)ccc1NC(=O)C1CCN(S(=O)(=O)Cc2ccc(Cl)cc2Cl)CC1. The van der Waals surface area contributed by atoms with Gasteiger partial charge in [0.15, 0.2) is 0 Å². The third-order valence-corrected chi connectivity index (χ3v) is 8.10. The molecular formula is C20H21Cl2IN2O3S. The number of rotatable bonds is 5. The van der Waals surface area contributed by atoms with Crippen LogP contribution in [0.4, 0.5) is 5.69 Å². The molecule has 1 aliphatic heterocycles. The number of amides is 1. The van der Waals surface area contributed by atoms with Gasteiger partial charge < -0.3 is 5.32 Å². The average Bonchev–Trinajstić information content (AvgIpc) is 2.66. The molecular weight excluding hydrogens is 546 g/mol. The predicted octanol–water partition coefficient (Wildman–Crippen LogP) is 5.09. The van der Waals surface area contributed by atoms with Crippen LogP contribution in [0.15, 0.2) is 36.4 Å². The summed E-state index contributed by atoms with van der Waals surface area (Å²) in [6.45, 7) is 2.59. The predicted molar refractivity (Wildman–Crippen MR) is 126 cm³/mol. The van der Waals surface area contributed by atoms with Crippen molar-refractivity contribution < 1.29 is 13.2 Å². The fourth-order valence-electron chi connectivity index (χ4n) is 3.32. The normalized spacial score (nSPS) is 16.0. The highest BCUT2D eigenvalue weighted by molar-refractivity contribution is 14.1. The van der Waals surface area contributed by atoms with E-state index in [1.807, 2.05) is 25.1 Å². The van der Waals surface area contributed by atoms with E-state index >= 15 is 0 Å². The largest absolute Gasteiger partial charge is 0.326 e. The van der Waals surface area contributed by atoms with Crippen LogP contribution in [0.5, 0.6) is 0 Å².